The molecule has 84 valence electrons. The Morgan fingerprint density at radius 3 is 2.20 bits per heavy atom. The second kappa shape index (κ2) is 4.26. The summed E-state index contributed by atoms with van der Waals surface area (Å²) in [5, 5.41) is -0.652. The summed E-state index contributed by atoms with van der Waals surface area (Å²) in [5.41, 5.74) is -1.03. The van der Waals surface area contributed by atoms with Crippen LogP contribution in [0.15, 0.2) is 18.2 Å². The van der Waals surface area contributed by atoms with Crippen molar-refractivity contribution in [2.24, 2.45) is 0 Å². The summed E-state index contributed by atoms with van der Waals surface area (Å²) in [5.74, 6) is -0.404. The Balaban J connectivity index is 2.99. The van der Waals surface area contributed by atoms with E-state index in [1.54, 1.807) is 0 Å². The van der Waals surface area contributed by atoms with Crippen molar-refractivity contribution in [3.05, 3.63) is 23.2 Å². The van der Waals surface area contributed by atoms with Gasteiger partial charge in [-0.1, -0.05) is 23.1 Å². The van der Waals surface area contributed by atoms with Gasteiger partial charge in [-0.25, -0.2) is 0 Å². The number of benzene rings is 1. The molecule has 1 rings (SSSR count). The van der Waals surface area contributed by atoms with Gasteiger partial charge in [0.15, 0.2) is 0 Å². The highest BCUT2D eigenvalue weighted by Gasteiger charge is 2.28. The van der Waals surface area contributed by atoms with Crippen molar-refractivity contribution in [2.75, 3.05) is 0 Å². The summed E-state index contributed by atoms with van der Waals surface area (Å²) in [4.78, 5) is 0. The van der Waals surface area contributed by atoms with E-state index < -0.39 is 29.8 Å². The first-order valence-electron chi connectivity index (χ1n) is 3.75. The van der Waals surface area contributed by atoms with Crippen LogP contribution in [-0.2, 0) is 0 Å². The van der Waals surface area contributed by atoms with Crippen molar-refractivity contribution in [3.8, 4) is 5.75 Å². The molecule has 15 heavy (non-hydrogen) atoms. The van der Waals surface area contributed by atoms with Crippen LogP contribution in [0.4, 0.5) is 21.7 Å². The van der Waals surface area contributed by atoms with Crippen LogP contribution in [0.3, 0.4) is 0 Å². The predicted molar refractivity (Wildman–Crippen MR) is 46.8 cm³/mol. The van der Waals surface area contributed by atoms with Gasteiger partial charge >= 0.3 is 13.6 Å². The number of ether oxygens (including phenoxy) is 1. The quantitative estimate of drug-likeness (QED) is 0.587. The first-order valence-corrected chi connectivity index (χ1v) is 4.12. The van der Waals surface area contributed by atoms with E-state index in [0.29, 0.717) is 12.1 Å². The lowest BCUT2D eigenvalue weighted by Crippen LogP contribution is -2.34. The molecule has 0 unspecified atom stereocenters. The zero-order chi connectivity index (χ0) is 11.6. The molecule has 1 aromatic rings. The van der Waals surface area contributed by atoms with E-state index >= 15 is 0 Å². The molecule has 0 aromatic heterocycles. The summed E-state index contributed by atoms with van der Waals surface area (Å²) in [6, 6.07) is 2.11. The average Bonchev–Trinajstić information content (AvgIpc) is 1.99. The Bertz CT molecular complexity index is 354. The van der Waals surface area contributed by atoms with Gasteiger partial charge < -0.3 is 17.7 Å². The molecule has 0 atom stereocenters. The second-order valence-electron chi connectivity index (χ2n) is 2.64. The van der Waals surface area contributed by atoms with Gasteiger partial charge in [0.05, 0.1) is 0 Å². The number of halogens is 6. The van der Waals surface area contributed by atoms with Crippen molar-refractivity contribution in [3.63, 3.8) is 0 Å². The Morgan fingerprint density at radius 1 is 1.20 bits per heavy atom. The lowest BCUT2D eigenvalue weighted by atomic mass is 9.80. The minimum Gasteiger partial charge on any atom is -0.445 e. The minimum absolute atomic E-state index is 0.404. The summed E-state index contributed by atoms with van der Waals surface area (Å²) in [6.07, 6.45) is 0. The molecular formula is C7H4BClF5O-. The Kier molecular flexibility index (Phi) is 3.44. The molecule has 1 aromatic carbocycles. The van der Waals surface area contributed by atoms with Crippen LogP contribution in [0.25, 0.3) is 0 Å². The standard InChI is InChI=1S/C7H4BClF5O/c9-6-3-4(15-7(10)11)1-2-5(6)8(12,13)14/h1-3,7H/q-1. The molecular weight excluding hydrogens is 241 g/mol. The number of hydrogen-bond donors (Lipinski definition) is 0. The van der Waals surface area contributed by atoms with Crippen molar-refractivity contribution in [1.29, 1.82) is 0 Å². The third-order valence-electron chi connectivity index (χ3n) is 1.55. The summed E-state index contributed by atoms with van der Waals surface area (Å²) >= 11 is 5.27. The van der Waals surface area contributed by atoms with Gasteiger partial charge in [0.25, 0.3) is 0 Å². The topological polar surface area (TPSA) is 9.23 Å². The smallest absolute Gasteiger partial charge is 0.445 e. The molecule has 0 aliphatic rings. The van der Waals surface area contributed by atoms with Gasteiger partial charge in [-0.05, 0) is 12.1 Å². The molecule has 0 N–H and O–H groups in total. The monoisotopic (exact) mass is 245 g/mol. The molecule has 0 saturated carbocycles. The number of alkyl halides is 2. The fraction of sp³-hybridized carbons (Fsp3) is 0.143. The summed E-state index contributed by atoms with van der Waals surface area (Å²) in [6.45, 7) is -8.34. The van der Waals surface area contributed by atoms with Crippen molar-refractivity contribution in [2.45, 2.75) is 6.61 Å². The Morgan fingerprint density at radius 2 is 1.80 bits per heavy atom. The fourth-order valence-electron chi connectivity index (χ4n) is 0.949. The highest BCUT2D eigenvalue weighted by molar-refractivity contribution is 6.75. The zero-order valence-electron chi connectivity index (χ0n) is 7.06. The van der Waals surface area contributed by atoms with Crippen molar-refractivity contribution < 1.29 is 26.5 Å². The van der Waals surface area contributed by atoms with Gasteiger partial charge in [-0.2, -0.15) is 8.78 Å². The third kappa shape index (κ3) is 3.26. The predicted octanol–water partition coefficient (Wildman–Crippen LogP) is 3.00. The average molecular weight is 245 g/mol. The van der Waals surface area contributed by atoms with Crippen molar-refractivity contribution in [1.82, 2.24) is 0 Å². The summed E-state index contributed by atoms with van der Waals surface area (Å²) in [7, 11) is 0. The summed E-state index contributed by atoms with van der Waals surface area (Å²) < 4.78 is 64.0. The first-order chi connectivity index (χ1) is 6.80. The van der Waals surface area contributed by atoms with Gasteiger partial charge in [-0.15, -0.1) is 0 Å². The van der Waals surface area contributed by atoms with E-state index in [2.05, 4.69) is 4.74 Å². The van der Waals surface area contributed by atoms with E-state index in [1.807, 2.05) is 0 Å². The van der Waals surface area contributed by atoms with Crippen LogP contribution in [0.2, 0.25) is 5.02 Å². The van der Waals surface area contributed by atoms with Crippen LogP contribution in [0.5, 0.6) is 5.75 Å². The molecule has 0 fully saturated rings. The molecule has 0 spiro atoms. The van der Waals surface area contributed by atoms with Gasteiger partial charge in [0.1, 0.15) is 5.75 Å². The molecule has 8 heteroatoms. The van der Waals surface area contributed by atoms with E-state index in [0.717, 1.165) is 6.07 Å². The van der Waals surface area contributed by atoms with Gasteiger partial charge in [-0.3, -0.25) is 0 Å². The number of rotatable bonds is 3. The third-order valence-corrected chi connectivity index (χ3v) is 1.88. The van der Waals surface area contributed by atoms with E-state index in [1.165, 1.54) is 0 Å². The maximum absolute atomic E-state index is 12.2. The first kappa shape index (κ1) is 12.1. The molecule has 0 bridgehead atoms. The fourth-order valence-corrected chi connectivity index (χ4v) is 1.24. The van der Waals surface area contributed by atoms with Crippen molar-refractivity contribution >= 4 is 24.0 Å². The molecule has 0 heterocycles. The van der Waals surface area contributed by atoms with Gasteiger partial charge in [0.2, 0.25) is 0 Å². The van der Waals surface area contributed by atoms with E-state index in [9.17, 15) is 21.7 Å². The molecule has 0 aliphatic carbocycles. The van der Waals surface area contributed by atoms with Crippen LogP contribution in [0.1, 0.15) is 0 Å². The highest BCUT2D eigenvalue weighted by Crippen LogP contribution is 2.22. The molecule has 0 aliphatic heterocycles. The van der Waals surface area contributed by atoms with Crippen LogP contribution >= 0.6 is 11.6 Å². The maximum Gasteiger partial charge on any atom is 0.511 e. The normalized spacial score (nSPS) is 11.9. The molecule has 0 radical (unpaired) electrons. The van der Waals surface area contributed by atoms with Crippen LogP contribution in [0, 0.1) is 0 Å². The van der Waals surface area contributed by atoms with E-state index in [4.69, 9.17) is 11.6 Å². The molecule has 0 amide bonds. The second-order valence-corrected chi connectivity index (χ2v) is 3.04. The zero-order valence-corrected chi connectivity index (χ0v) is 7.82. The number of hydrogen-bond acceptors (Lipinski definition) is 1. The molecule has 1 nitrogen and oxygen atoms in total. The largest absolute Gasteiger partial charge is 0.511 e. The van der Waals surface area contributed by atoms with E-state index in [-0.39, 0.29) is 0 Å². The van der Waals surface area contributed by atoms with Crippen LogP contribution in [-0.4, -0.2) is 13.6 Å². The van der Waals surface area contributed by atoms with Gasteiger partial charge in [0, 0.05) is 5.02 Å². The lowest BCUT2D eigenvalue weighted by molar-refractivity contribution is -0.0498. The SMILES string of the molecule is FC(F)Oc1ccc([B-](F)(F)F)c(Cl)c1. The highest BCUT2D eigenvalue weighted by atomic mass is 35.5. The van der Waals surface area contributed by atoms with Crippen LogP contribution < -0.4 is 10.2 Å². The minimum atomic E-state index is -5.24. The molecule has 0 saturated heterocycles. The lowest BCUT2D eigenvalue weighted by Gasteiger charge is -2.17. The Hall–Kier alpha value is -0.975. The maximum atomic E-state index is 12.2. The Labute approximate surface area is 86.8 Å².